The summed E-state index contributed by atoms with van der Waals surface area (Å²) in [7, 11) is 0. The molecular weight excluding hydrogens is 294 g/mol. The summed E-state index contributed by atoms with van der Waals surface area (Å²) in [4.78, 5) is 15.5. The van der Waals surface area contributed by atoms with E-state index in [1.54, 1.807) is 36.7 Å². The number of carbonyl (C=O) groups is 1. The van der Waals surface area contributed by atoms with Gasteiger partial charge in [0.15, 0.2) is 5.78 Å². The van der Waals surface area contributed by atoms with E-state index in [0.29, 0.717) is 23.5 Å². The number of hydrogen-bond donors (Lipinski definition) is 0. The number of carbonyl (C=O) groups excluding carboxylic acids is 1. The Kier molecular flexibility index (Phi) is 4.10. The van der Waals surface area contributed by atoms with Crippen LogP contribution in [-0.4, -0.2) is 10.8 Å². The molecule has 0 bridgehead atoms. The minimum atomic E-state index is 0.130. The van der Waals surface area contributed by atoms with Crippen LogP contribution in [0.15, 0.2) is 47.2 Å². The number of ketones is 1. The number of ether oxygens (including phenoxy) is 1. The van der Waals surface area contributed by atoms with Crippen LogP contribution in [0.2, 0.25) is 0 Å². The molecule has 18 heavy (non-hydrogen) atoms. The minimum Gasteiger partial charge on any atom is -0.456 e. The highest BCUT2D eigenvalue weighted by Gasteiger charge is 2.03. The molecule has 0 aliphatic heterocycles. The molecule has 0 N–H and O–H groups in total. The van der Waals surface area contributed by atoms with Gasteiger partial charge in [0.05, 0.1) is 6.20 Å². The quantitative estimate of drug-likeness (QED) is 0.794. The lowest BCUT2D eigenvalue weighted by Crippen LogP contribution is -1.95. The van der Waals surface area contributed by atoms with Gasteiger partial charge >= 0.3 is 0 Å². The third-order valence-corrected chi connectivity index (χ3v) is 2.85. The molecule has 0 amide bonds. The van der Waals surface area contributed by atoms with Gasteiger partial charge in [0.2, 0.25) is 0 Å². The standard InChI is InChI=1S/C14H12BrNO2/c1-2-14(17)10-3-5-12(6-4-10)18-13-7-11(15)8-16-9-13/h3-9H,2H2,1H3. The predicted octanol–water partition coefficient (Wildman–Crippen LogP) is 4.23. The van der Waals surface area contributed by atoms with Crippen LogP contribution >= 0.6 is 15.9 Å². The minimum absolute atomic E-state index is 0.130. The maximum atomic E-state index is 11.5. The highest BCUT2D eigenvalue weighted by Crippen LogP contribution is 2.23. The van der Waals surface area contributed by atoms with Gasteiger partial charge in [0.1, 0.15) is 11.5 Å². The maximum absolute atomic E-state index is 11.5. The number of benzene rings is 1. The molecule has 0 spiro atoms. The number of pyridine rings is 1. The Labute approximate surface area is 114 Å². The summed E-state index contributed by atoms with van der Waals surface area (Å²) >= 11 is 3.33. The lowest BCUT2D eigenvalue weighted by Gasteiger charge is -2.06. The van der Waals surface area contributed by atoms with Crippen LogP contribution in [0, 0.1) is 0 Å². The van der Waals surface area contributed by atoms with Gasteiger partial charge < -0.3 is 4.74 Å². The van der Waals surface area contributed by atoms with Gasteiger partial charge in [0, 0.05) is 22.7 Å². The fraction of sp³-hybridized carbons (Fsp3) is 0.143. The van der Waals surface area contributed by atoms with Gasteiger partial charge in [-0.3, -0.25) is 9.78 Å². The summed E-state index contributed by atoms with van der Waals surface area (Å²) in [5.74, 6) is 1.46. The first-order valence-electron chi connectivity index (χ1n) is 5.60. The van der Waals surface area contributed by atoms with Crippen LogP contribution in [0.25, 0.3) is 0 Å². The third-order valence-electron chi connectivity index (χ3n) is 2.41. The van der Waals surface area contributed by atoms with Crippen molar-refractivity contribution in [3.63, 3.8) is 0 Å². The van der Waals surface area contributed by atoms with Crippen molar-refractivity contribution < 1.29 is 9.53 Å². The fourth-order valence-electron chi connectivity index (χ4n) is 1.50. The lowest BCUT2D eigenvalue weighted by atomic mass is 10.1. The van der Waals surface area contributed by atoms with E-state index in [9.17, 15) is 4.79 Å². The molecule has 1 aromatic heterocycles. The third kappa shape index (κ3) is 3.17. The van der Waals surface area contributed by atoms with Crippen molar-refractivity contribution >= 4 is 21.7 Å². The summed E-state index contributed by atoms with van der Waals surface area (Å²) < 4.78 is 6.48. The summed E-state index contributed by atoms with van der Waals surface area (Å²) in [5.41, 5.74) is 0.706. The smallest absolute Gasteiger partial charge is 0.162 e. The van der Waals surface area contributed by atoms with Crippen LogP contribution in [0.3, 0.4) is 0 Å². The van der Waals surface area contributed by atoms with Crippen molar-refractivity contribution in [1.82, 2.24) is 4.98 Å². The molecule has 0 fully saturated rings. The summed E-state index contributed by atoms with van der Waals surface area (Å²) in [6, 6.07) is 8.94. The van der Waals surface area contributed by atoms with Crippen LogP contribution < -0.4 is 4.74 Å². The second-order valence-corrected chi connectivity index (χ2v) is 4.66. The molecule has 0 unspecified atom stereocenters. The van der Waals surface area contributed by atoms with Crippen molar-refractivity contribution in [1.29, 1.82) is 0 Å². The van der Waals surface area contributed by atoms with Crippen LogP contribution in [0.4, 0.5) is 0 Å². The molecule has 3 nitrogen and oxygen atoms in total. The second-order valence-electron chi connectivity index (χ2n) is 3.74. The van der Waals surface area contributed by atoms with E-state index >= 15 is 0 Å². The Bertz CT molecular complexity index is 552. The molecule has 0 aliphatic carbocycles. The van der Waals surface area contributed by atoms with E-state index in [-0.39, 0.29) is 5.78 Å². The molecule has 2 aromatic rings. The van der Waals surface area contributed by atoms with Gasteiger partial charge in [-0.1, -0.05) is 6.92 Å². The van der Waals surface area contributed by atoms with Crippen molar-refractivity contribution in [2.24, 2.45) is 0 Å². The molecule has 1 heterocycles. The molecule has 0 radical (unpaired) electrons. The fourth-order valence-corrected chi connectivity index (χ4v) is 1.84. The van der Waals surface area contributed by atoms with Crippen molar-refractivity contribution in [3.05, 3.63) is 52.8 Å². The zero-order chi connectivity index (χ0) is 13.0. The first-order valence-corrected chi connectivity index (χ1v) is 6.40. The molecule has 1 aromatic carbocycles. The van der Waals surface area contributed by atoms with Crippen molar-refractivity contribution in [3.8, 4) is 11.5 Å². The van der Waals surface area contributed by atoms with E-state index in [2.05, 4.69) is 20.9 Å². The second kappa shape index (κ2) is 5.78. The first kappa shape index (κ1) is 12.8. The molecule has 2 rings (SSSR count). The van der Waals surface area contributed by atoms with Crippen LogP contribution in [-0.2, 0) is 0 Å². The molecule has 0 atom stereocenters. The molecular formula is C14H12BrNO2. The zero-order valence-electron chi connectivity index (χ0n) is 9.89. The van der Waals surface area contributed by atoms with Gasteiger partial charge in [-0.2, -0.15) is 0 Å². The number of aromatic nitrogens is 1. The van der Waals surface area contributed by atoms with Gasteiger partial charge in [-0.05, 0) is 46.3 Å². The summed E-state index contributed by atoms with van der Waals surface area (Å²) in [6.07, 6.45) is 3.83. The number of nitrogens with zero attached hydrogens (tertiary/aromatic N) is 1. The first-order chi connectivity index (χ1) is 8.69. The molecule has 4 heteroatoms. The highest BCUT2D eigenvalue weighted by molar-refractivity contribution is 9.10. The van der Waals surface area contributed by atoms with E-state index in [1.165, 1.54) is 0 Å². The van der Waals surface area contributed by atoms with Gasteiger partial charge in [-0.25, -0.2) is 0 Å². The maximum Gasteiger partial charge on any atom is 0.162 e. The number of hydrogen-bond acceptors (Lipinski definition) is 3. The number of rotatable bonds is 4. The van der Waals surface area contributed by atoms with Crippen molar-refractivity contribution in [2.75, 3.05) is 0 Å². The summed E-state index contributed by atoms with van der Waals surface area (Å²) in [6.45, 7) is 1.85. The average Bonchev–Trinajstić information content (AvgIpc) is 2.39. The summed E-state index contributed by atoms with van der Waals surface area (Å²) in [5, 5.41) is 0. The molecule has 0 aliphatic rings. The van der Waals surface area contributed by atoms with E-state index < -0.39 is 0 Å². The average molecular weight is 306 g/mol. The highest BCUT2D eigenvalue weighted by atomic mass is 79.9. The van der Waals surface area contributed by atoms with E-state index in [4.69, 9.17) is 4.74 Å². The monoisotopic (exact) mass is 305 g/mol. The van der Waals surface area contributed by atoms with Gasteiger partial charge in [-0.15, -0.1) is 0 Å². The molecule has 0 saturated heterocycles. The number of Topliss-reactive ketones (excluding diaryl/α,β-unsaturated/α-hetero) is 1. The normalized spacial score (nSPS) is 10.1. The number of halogens is 1. The zero-order valence-corrected chi connectivity index (χ0v) is 11.5. The predicted molar refractivity (Wildman–Crippen MR) is 73.1 cm³/mol. The van der Waals surface area contributed by atoms with Crippen LogP contribution in [0.1, 0.15) is 23.7 Å². The Morgan fingerprint density at radius 1 is 1.22 bits per heavy atom. The van der Waals surface area contributed by atoms with Crippen LogP contribution in [0.5, 0.6) is 11.5 Å². The largest absolute Gasteiger partial charge is 0.456 e. The van der Waals surface area contributed by atoms with E-state index in [1.807, 2.05) is 13.0 Å². The van der Waals surface area contributed by atoms with Gasteiger partial charge in [0.25, 0.3) is 0 Å². The van der Waals surface area contributed by atoms with Crippen molar-refractivity contribution in [2.45, 2.75) is 13.3 Å². The molecule has 0 saturated carbocycles. The van der Waals surface area contributed by atoms with E-state index in [0.717, 1.165) is 4.47 Å². The lowest BCUT2D eigenvalue weighted by molar-refractivity contribution is 0.0988. The molecule has 92 valence electrons. The Hall–Kier alpha value is -1.68. The Morgan fingerprint density at radius 2 is 1.94 bits per heavy atom. The topological polar surface area (TPSA) is 39.2 Å². The Morgan fingerprint density at radius 3 is 2.56 bits per heavy atom. The SMILES string of the molecule is CCC(=O)c1ccc(Oc2cncc(Br)c2)cc1. The Balaban J connectivity index is 2.13.